The van der Waals surface area contributed by atoms with Crippen molar-refractivity contribution in [2.24, 2.45) is 0 Å². The molecule has 3 heteroatoms. The molecule has 0 bridgehead atoms. The number of carbonyl (C=O) groups excluding carboxylic acids is 1. The molecule has 0 saturated heterocycles. The first kappa shape index (κ1) is 13.5. The van der Waals surface area contributed by atoms with Crippen LogP contribution in [0.2, 0.25) is 0 Å². The molecular weight excluding hydrogens is 290 g/mol. The summed E-state index contributed by atoms with van der Waals surface area (Å²) >= 11 is 1.62. The number of carbonyl (C=O) groups is 1. The standard InChI is InChI=1S/C19H17NOS/c1-13-16-8-4-5-9-17(16)22-18(13)19(21)20-11-10-14-6-2-3-7-15(14)12-20/h2-9H,10-12H2,1H3. The van der Waals surface area contributed by atoms with Crippen LogP contribution in [-0.4, -0.2) is 17.4 Å². The minimum atomic E-state index is 0.174. The van der Waals surface area contributed by atoms with Crippen molar-refractivity contribution in [1.29, 1.82) is 0 Å². The fraction of sp³-hybridized carbons (Fsp3) is 0.211. The van der Waals surface area contributed by atoms with Gasteiger partial charge in [-0.2, -0.15) is 0 Å². The van der Waals surface area contributed by atoms with Crippen molar-refractivity contribution < 1.29 is 4.79 Å². The average Bonchev–Trinajstić information content (AvgIpc) is 2.91. The zero-order valence-electron chi connectivity index (χ0n) is 12.5. The Balaban J connectivity index is 1.68. The SMILES string of the molecule is Cc1c(C(=O)N2CCc3ccccc3C2)sc2ccccc12. The van der Waals surface area contributed by atoms with Gasteiger partial charge in [-0.1, -0.05) is 42.5 Å². The molecule has 0 aliphatic carbocycles. The Bertz CT molecular complexity index is 865. The molecule has 0 radical (unpaired) electrons. The number of rotatable bonds is 1. The molecule has 3 aromatic rings. The average molecular weight is 307 g/mol. The van der Waals surface area contributed by atoms with Gasteiger partial charge in [0.05, 0.1) is 4.88 Å². The number of nitrogens with zero attached hydrogens (tertiary/aromatic N) is 1. The van der Waals surface area contributed by atoms with E-state index in [1.807, 2.05) is 17.0 Å². The maximum atomic E-state index is 12.9. The van der Waals surface area contributed by atoms with Crippen LogP contribution in [0.25, 0.3) is 10.1 Å². The molecular formula is C19H17NOS. The second kappa shape index (κ2) is 5.25. The molecule has 0 fully saturated rings. The van der Waals surface area contributed by atoms with Gasteiger partial charge in [-0.25, -0.2) is 0 Å². The Morgan fingerprint density at radius 1 is 1.05 bits per heavy atom. The Morgan fingerprint density at radius 2 is 1.77 bits per heavy atom. The van der Waals surface area contributed by atoms with Crippen LogP contribution in [0, 0.1) is 6.92 Å². The van der Waals surface area contributed by atoms with Gasteiger partial charge in [0.2, 0.25) is 0 Å². The van der Waals surface area contributed by atoms with Crippen LogP contribution in [0.5, 0.6) is 0 Å². The molecule has 1 aliphatic heterocycles. The number of fused-ring (bicyclic) bond motifs is 2. The fourth-order valence-electron chi connectivity index (χ4n) is 3.19. The first-order chi connectivity index (χ1) is 10.7. The molecule has 0 saturated carbocycles. The second-order valence-corrected chi connectivity index (χ2v) is 6.85. The van der Waals surface area contributed by atoms with Crippen LogP contribution < -0.4 is 0 Å². The topological polar surface area (TPSA) is 20.3 Å². The second-order valence-electron chi connectivity index (χ2n) is 5.80. The molecule has 22 heavy (non-hydrogen) atoms. The maximum Gasteiger partial charge on any atom is 0.264 e. The highest BCUT2D eigenvalue weighted by Gasteiger charge is 2.24. The van der Waals surface area contributed by atoms with Gasteiger partial charge in [0, 0.05) is 17.8 Å². The molecule has 1 amide bonds. The van der Waals surface area contributed by atoms with E-state index < -0.39 is 0 Å². The van der Waals surface area contributed by atoms with E-state index in [1.165, 1.54) is 21.2 Å². The van der Waals surface area contributed by atoms with Crippen LogP contribution in [-0.2, 0) is 13.0 Å². The van der Waals surface area contributed by atoms with Crippen molar-refractivity contribution in [3.63, 3.8) is 0 Å². The summed E-state index contributed by atoms with van der Waals surface area (Å²) in [6.45, 7) is 3.59. The van der Waals surface area contributed by atoms with Gasteiger partial charge in [-0.3, -0.25) is 4.79 Å². The normalized spacial score (nSPS) is 14.1. The molecule has 0 unspecified atom stereocenters. The summed E-state index contributed by atoms with van der Waals surface area (Å²) in [5.41, 5.74) is 3.77. The molecule has 110 valence electrons. The van der Waals surface area contributed by atoms with Crippen LogP contribution in [0.15, 0.2) is 48.5 Å². The van der Waals surface area contributed by atoms with Gasteiger partial charge in [0.15, 0.2) is 0 Å². The largest absolute Gasteiger partial charge is 0.333 e. The van der Waals surface area contributed by atoms with Crippen LogP contribution >= 0.6 is 11.3 Å². The smallest absolute Gasteiger partial charge is 0.264 e. The molecule has 1 aliphatic rings. The third-order valence-corrected chi connectivity index (χ3v) is 5.72. The highest BCUT2D eigenvalue weighted by atomic mass is 32.1. The molecule has 0 atom stereocenters. The molecule has 0 N–H and O–H groups in total. The first-order valence-corrected chi connectivity index (χ1v) is 8.40. The summed E-state index contributed by atoms with van der Waals surface area (Å²) in [5.74, 6) is 0.174. The molecule has 1 aromatic heterocycles. The predicted molar refractivity (Wildman–Crippen MR) is 91.4 cm³/mol. The number of amides is 1. The van der Waals surface area contributed by atoms with E-state index >= 15 is 0 Å². The molecule has 0 spiro atoms. The summed E-state index contributed by atoms with van der Waals surface area (Å²) in [7, 11) is 0. The van der Waals surface area contributed by atoms with E-state index in [0.29, 0.717) is 0 Å². The maximum absolute atomic E-state index is 12.9. The third-order valence-electron chi connectivity index (χ3n) is 4.46. The van der Waals surface area contributed by atoms with Crippen LogP contribution in [0.3, 0.4) is 0 Å². The number of aryl methyl sites for hydroxylation is 1. The van der Waals surface area contributed by atoms with Gasteiger partial charge in [-0.05, 0) is 41.5 Å². The Hall–Kier alpha value is -2.13. The summed E-state index contributed by atoms with van der Waals surface area (Å²) in [6.07, 6.45) is 0.950. The summed E-state index contributed by atoms with van der Waals surface area (Å²) in [6, 6.07) is 16.7. The van der Waals surface area contributed by atoms with E-state index in [2.05, 4.69) is 43.3 Å². The Kier molecular flexibility index (Phi) is 3.23. The summed E-state index contributed by atoms with van der Waals surface area (Å²) in [5, 5.41) is 1.20. The van der Waals surface area contributed by atoms with Gasteiger partial charge in [-0.15, -0.1) is 11.3 Å². The lowest BCUT2D eigenvalue weighted by Crippen LogP contribution is -2.35. The number of hydrogen-bond donors (Lipinski definition) is 0. The van der Waals surface area contributed by atoms with E-state index in [-0.39, 0.29) is 5.91 Å². The molecule has 2 heterocycles. The lowest BCUT2D eigenvalue weighted by Gasteiger charge is -2.28. The lowest BCUT2D eigenvalue weighted by molar-refractivity contribution is 0.0739. The third kappa shape index (κ3) is 2.13. The molecule has 4 rings (SSSR count). The van der Waals surface area contributed by atoms with Crippen LogP contribution in [0.4, 0.5) is 0 Å². The zero-order valence-corrected chi connectivity index (χ0v) is 13.3. The van der Waals surface area contributed by atoms with Crippen LogP contribution in [0.1, 0.15) is 26.4 Å². The minimum Gasteiger partial charge on any atom is -0.333 e. The molecule has 2 aromatic carbocycles. The van der Waals surface area contributed by atoms with Gasteiger partial charge < -0.3 is 4.90 Å². The zero-order chi connectivity index (χ0) is 15.1. The van der Waals surface area contributed by atoms with Crippen molar-refractivity contribution in [2.45, 2.75) is 19.9 Å². The number of benzene rings is 2. The van der Waals surface area contributed by atoms with Gasteiger partial charge >= 0.3 is 0 Å². The van der Waals surface area contributed by atoms with Gasteiger partial charge in [0.25, 0.3) is 5.91 Å². The van der Waals surface area contributed by atoms with E-state index in [0.717, 1.165) is 30.0 Å². The fourth-order valence-corrected chi connectivity index (χ4v) is 4.37. The Morgan fingerprint density at radius 3 is 2.59 bits per heavy atom. The van der Waals surface area contributed by atoms with E-state index in [9.17, 15) is 4.79 Å². The van der Waals surface area contributed by atoms with Crippen molar-refractivity contribution >= 4 is 27.3 Å². The van der Waals surface area contributed by atoms with Crippen molar-refractivity contribution in [2.75, 3.05) is 6.54 Å². The van der Waals surface area contributed by atoms with Crippen molar-refractivity contribution in [3.05, 3.63) is 70.1 Å². The van der Waals surface area contributed by atoms with Crippen molar-refractivity contribution in [1.82, 2.24) is 4.90 Å². The predicted octanol–water partition coefficient (Wildman–Crippen LogP) is 4.41. The highest BCUT2D eigenvalue weighted by molar-refractivity contribution is 7.21. The number of hydrogen-bond acceptors (Lipinski definition) is 2. The highest BCUT2D eigenvalue weighted by Crippen LogP contribution is 2.32. The van der Waals surface area contributed by atoms with E-state index in [4.69, 9.17) is 0 Å². The van der Waals surface area contributed by atoms with Crippen molar-refractivity contribution in [3.8, 4) is 0 Å². The molecule has 2 nitrogen and oxygen atoms in total. The monoisotopic (exact) mass is 307 g/mol. The van der Waals surface area contributed by atoms with Gasteiger partial charge in [0.1, 0.15) is 0 Å². The van der Waals surface area contributed by atoms with E-state index in [1.54, 1.807) is 11.3 Å². The Labute approximate surface area is 134 Å². The summed E-state index contributed by atoms with van der Waals surface area (Å²) in [4.78, 5) is 15.8. The minimum absolute atomic E-state index is 0.174. The lowest BCUT2D eigenvalue weighted by atomic mass is 9.99. The quantitative estimate of drug-likeness (QED) is 0.652. The summed E-state index contributed by atoms with van der Waals surface area (Å²) < 4.78 is 1.20. The number of thiophene rings is 1. The first-order valence-electron chi connectivity index (χ1n) is 7.58.